The lowest BCUT2D eigenvalue weighted by Crippen LogP contribution is -2.15. The summed E-state index contributed by atoms with van der Waals surface area (Å²) in [6, 6.07) is 4.59. The molecule has 0 aliphatic rings. The van der Waals surface area contributed by atoms with Crippen LogP contribution in [0.5, 0.6) is 5.75 Å². The lowest BCUT2D eigenvalue weighted by Gasteiger charge is -2.12. The molecule has 2 nitrogen and oxygen atoms in total. The monoisotopic (exact) mass is 404 g/mol. The quantitative estimate of drug-likeness (QED) is 0.432. The van der Waals surface area contributed by atoms with E-state index in [2.05, 4.69) is 20.7 Å². The Morgan fingerprint density at radius 2 is 2.12 bits per heavy atom. The van der Waals surface area contributed by atoms with E-state index in [1.54, 1.807) is 19.1 Å². The van der Waals surface area contributed by atoms with Crippen LogP contribution in [-0.4, -0.2) is 17.2 Å². The second-order valence-corrected chi connectivity index (χ2v) is 5.51. The van der Waals surface area contributed by atoms with Crippen molar-refractivity contribution in [2.75, 3.05) is 0 Å². The molecular formula is C10H8BrF2IO2. The molecule has 0 amide bonds. The Morgan fingerprint density at radius 3 is 2.62 bits per heavy atom. The molecule has 6 heteroatoms. The molecule has 0 saturated heterocycles. The fraction of sp³-hybridized carbons (Fsp3) is 0.300. The zero-order valence-electron chi connectivity index (χ0n) is 8.22. The highest BCUT2D eigenvalue weighted by atomic mass is 127. The van der Waals surface area contributed by atoms with E-state index in [-0.39, 0.29) is 17.1 Å². The molecule has 0 aromatic heterocycles. The standard InChI is InChI=1S/C10H8BrF2IO2/c1-5(11)9(15)8-6(14)3-2-4-7(8)16-10(12)13/h2-5,10H,1H3. The summed E-state index contributed by atoms with van der Waals surface area (Å²) in [4.78, 5) is 11.3. The van der Waals surface area contributed by atoms with Gasteiger partial charge in [-0.25, -0.2) is 0 Å². The van der Waals surface area contributed by atoms with Gasteiger partial charge in [-0.15, -0.1) is 0 Å². The van der Waals surface area contributed by atoms with Crippen molar-refractivity contribution in [2.45, 2.75) is 18.4 Å². The van der Waals surface area contributed by atoms with E-state index in [1.165, 1.54) is 6.07 Å². The van der Waals surface area contributed by atoms with Gasteiger partial charge in [0.2, 0.25) is 0 Å². The van der Waals surface area contributed by atoms with Gasteiger partial charge in [0, 0.05) is 3.57 Å². The number of rotatable bonds is 4. The topological polar surface area (TPSA) is 26.3 Å². The molecule has 0 saturated carbocycles. The Morgan fingerprint density at radius 1 is 1.50 bits per heavy atom. The van der Waals surface area contributed by atoms with Gasteiger partial charge in [-0.05, 0) is 41.6 Å². The van der Waals surface area contributed by atoms with Crippen LogP contribution in [0.3, 0.4) is 0 Å². The summed E-state index contributed by atoms with van der Waals surface area (Å²) in [5.74, 6) is -0.362. The molecule has 0 bridgehead atoms. The number of alkyl halides is 3. The highest BCUT2D eigenvalue weighted by molar-refractivity contribution is 14.1. The van der Waals surface area contributed by atoms with Crippen LogP contribution in [0, 0.1) is 3.57 Å². The summed E-state index contributed by atoms with van der Waals surface area (Å²) >= 11 is 5.03. The van der Waals surface area contributed by atoms with Gasteiger partial charge in [-0.3, -0.25) is 4.79 Å². The van der Waals surface area contributed by atoms with Crippen molar-refractivity contribution < 1.29 is 18.3 Å². The van der Waals surface area contributed by atoms with Gasteiger partial charge in [0.1, 0.15) is 5.75 Å². The molecular weight excluding hydrogens is 397 g/mol. The summed E-state index contributed by atoms with van der Waals surface area (Å²) in [6.45, 7) is -1.30. The number of halogens is 4. The molecule has 0 spiro atoms. The van der Waals surface area contributed by atoms with E-state index in [0.717, 1.165) is 0 Å². The van der Waals surface area contributed by atoms with Crippen LogP contribution in [0.1, 0.15) is 17.3 Å². The fourth-order valence-electron chi connectivity index (χ4n) is 1.14. The highest BCUT2D eigenvalue weighted by Gasteiger charge is 2.21. The predicted molar refractivity (Wildman–Crippen MR) is 68.5 cm³/mol. The Labute approximate surface area is 114 Å². The maximum absolute atomic E-state index is 12.1. The molecule has 1 aromatic rings. The van der Waals surface area contributed by atoms with Crippen molar-refractivity contribution in [2.24, 2.45) is 0 Å². The fourth-order valence-corrected chi connectivity index (χ4v) is 2.10. The molecule has 1 atom stereocenters. The van der Waals surface area contributed by atoms with Crippen LogP contribution >= 0.6 is 38.5 Å². The smallest absolute Gasteiger partial charge is 0.387 e. The first-order valence-corrected chi connectivity index (χ1v) is 6.34. The summed E-state index contributed by atoms with van der Waals surface area (Å²) < 4.78 is 29.2. The van der Waals surface area contributed by atoms with Gasteiger partial charge < -0.3 is 4.74 Å². The Kier molecular flexibility index (Phi) is 5.10. The van der Waals surface area contributed by atoms with Gasteiger partial charge in [0.05, 0.1) is 10.4 Å². The molecule has 0 aliphatic carbocycles. The number of carbonyl (C=O) groups excluding carboxylic acids is 1. The van der Waals surface area contributed by atoms with Crippen LogP contribution in [-0.2, 0) is 0 Å². The average Bonchev–Trinajstić information content (AvgIpc) is 2.16. The average molecular weight is 405 g/mol. The van der Waals surface area contributed by atoms with Crippen LogP contribution in [0.15, 0.2) is 18.2 Å². The van der Waals surface area contributed by atoms with Crippen molar-refractivity contribution in [3.05, 3.63) is 27.3 Å². The Hall–Kier alpha value is -0.240. The number of Topliss-reactive ketones (excluding diaryl/α,β-unsaturated/α-hetero) is 1. The van der Waals surface area contributed by atoms with Crippen molar-refractivity contribution in [1.82, 2.24) is 0 Å². The first-order valence-electron chi connectivity index (χ1n) is 4.35. The first-order chi connectivity index (χ1) is 7.43. The van der Waals surface area contributed by atoms with Crippen molar-refractivity contribution in [1.29, 1.82) is 0 Å². The van der Waals surface area contributed by atoms with Crippen molar-refractivity contribution >= 4 is 44.3 Å². The number of carbonyl (C=O) groups is 1. The number of hydrogen-bond acceptors (Lipinski definition) is 2. The number of benzene rings is 1. The van der Waals surface area contributed by atoms with Gasteiger partial charge in [-0.1, -0.05) is 22.0 Å². The van der Waals surface area contributed by atoms with Crippen LogP contribution < -0.4 is 4.74 Å². The van der Waals surface area contributed by atoms with E-state index >= 15 is 0 Å². The third-order valence-corrected chi connectivity index (χ3v) is 3.11. The van der Waals surface area contributed by atoms with Crippen molar-refractivity contribution in [3.8, 4) is 5.75 Å². The predicted octanol–water partition coefficient (Wildman–Crippen LogP) is 3.86. The number of hydrogen-bond donors (Lipinski definition) is 0. The molecule has 0 aliphatic heterocycles. The third-order valence-electron chi connectivity index (χ3n) is 1.80. The van der Waals surface area contributed by atoms with Gasteiger partial charge in [0.15, 0.2) is 5.78 Å². The van der Waals surface area contributed by atoms with E-state index in [0.29, 0.717) is 3.57 Å². The molecule has 16 heavy (non-hydrogen) atoms. The van der Waals surface area contributed by atoms with Crippen LogP contribution in [0.25, 0.3) is 0 Å². The molecule has 1 unspecified atom stereocenters. The summed E-state index contributed by atoms with van der Waals surface area (Å²) in [6.07, 6.45) is 0. The molecule has 1 aromatic carbocycles. The van der Waals surface area contributed by atoms with E-state index < -0.39 is 11.4 Å². The lowest BCUT2D eigenvalue weighted by molar-refractivity contribution is -0.0501. The molecule has 0 N–H and O–H groups in total. The summed E-state index contributed by atoms with van der Waals surface area (Å²) in [5.41, 5.74) is 0.188. The van der Waals surface area contributed by atoms with E-state index in [1.807, 2.05) is 22.6 Å². The third kappa shape index (κ3) is 3.38. The molecule has 1 rings (SSSR count). The summed E-state index contributed by atoms with van der Waals surface area (Å²) in [5, 5.41) is 0. The molecule has 0 fully saturated rings. The minimum atomic E-state index is -2.93. The Balaban J connectivity index is 3.18. The summed E-state index contributed by atoms with van der Waals surface area (Å²) in [7, 11) is 0. The molecule has 0 heterocycles. The van der Waals surface area contributed by atoms with Gasteiger partial charge >= 0.3 is 6.61 Å². The van der Waals surface area contributed by atoms with E-state index in [9.17, 15) is 13.6 Å². The number of ether oxygens (including phenoxy) is 1. The maximum Gasteiger partial charge on any atom is 0.387 e. The van der Waals surface area contributed by atoms with Crippen molar-refractivity contribution in [3.63, 3.8) is 0 Å². The van der Waals surface area contributed by atoms with Gasteiger partial charge in [0.25, 0.3) is 0 Å². The maximum atomic E-state index is 12.1. The highest BCUT2D eigenvalue weighted by Crippen LogP contribution is 2.28. The Bertz CT molecular complexity index is 396. The second-order valence-electron chi connectivity index (χ2n) is 2.97. The normalized spacial score (nSPS) is 12.6. The largest absolute Gasteiger partial charge is 0.434 e. The van der Waals surface area contributed by atoms with E-state index in [4.69, 9.17) is 0 Å². The SMILES string of the molecule is CC(Br)C(=O)c1c(I)cccc1OC(F)F. The van der Waals surface area contributed by atoms with Gasteiger partial charge in [-0.2, -0.15) is 8.78 Å². The first kappa shape index (κ1) is 13.8. The zero-order chi connectivity index (χ0) is 12.3. The second kappa shape index (κ2) is 5.90. The minimum Gasteiger partial charge on any atom is -0.434 e. The zero-order valence-corrected chi connectivity index (χ0v) is 12.0. The number of ketones is 1. The van der Waals surface area contributed by atoms with Crippen LogP contribution in [0.4, 0.5) is 8.78 Å². The molecule has 88 valence electrons. The minimum absolute atomic E-state index is 0.0850. The molecule has 0 radical (unpaired) electrons. The lowest BCUT2D eigenvalue weighted by atomic mass is 10.1. The van der Waals surface area contributed by atoms with Crippen LogP contribution in [0.2, 0.25) is 0 Å².